The van der Waals surface area contributed by atoms with Crippen LogP contribution >= 0.6 is 0 Å². The molecule has 20 heteroatoms. The predicted molar refractivity (Wildman–Crippen MR) is 321 cm³/mol. The minimum absolute atomic E-state index is 0.0149. The number of fused-ring (bicyclic) bond motifs is 4. The molecule has 1 saturated carbocycles. The van der Waals surface area contributed by atoms with Crippen LogP contribution in [-0.2, 0) is 66.5 Å². The van der Waals surface area contributed by atoms with Crippen molar-refractivity contribution in [2.45, 2.75) is 296 Å². The number of allylic oxidation sites excluding steroid dienone is 4. The number of amides is 1. The van der Waals surface area contributed by atoms with Crippen LogP contribution < -0.4 is 5.32 Å². The second kappa shape index (κ2) is 26.9. The van der Waals surface area contributed by atoms with E-state index >= 15 is 4.79 Å². The zero-order valence-corrected chi connectivity index (χ0v) is 54.3. The van der Waals surface area contributed by atoms with Gasteiger partial charge in [0.15, 0.2) is 37.1 Å². The van der Waals surface area contributed by atoms with Crippen LogP contribution in [0.25, 0.3) is 0 Å². The zero-order chi connectivity index (χ0) is 63.6. The van der Waals surface area contributed by atoms with E-state index in [4.69, 9.17) is 52.1 Å². The minimum Gasteiger partial charge on any atom is -0.511 e. The number of hydrogen-bond acceptors (Lipinski definition) is 19. The summed E-state index contributed by atoms with van der Waals surface area (Å²) in [6.07, 6.45) is 6.05. The summed E-state index contributed by atoms with van der Waals surface area (Å²) >= 11 is 0. The SMILES string of the molecule is CCC[C@H]1C=C[C@@H]2/C=C(/C)[C@@H](O[C@H]3C[C@@](C)(O)[C@H](NC(C)=O)[C@@H](C)O3)[C@@H](C)/C=C(/C)[C@H]3C=C[C@H]4[C@H](O[C@H]5CC[C@@H](O[C@@H]6C[C@H](O[C@H]7CC[C@@H](O)[C@H](C)O7)[C@@H](O[C@H]7C[C@H](O)[C@H](O)[C@H](C)O7)[C@@H](C)O6)[C@@H](C)O5)[C@@H](C)C[C@H](C)[C@H]4[C@]3(C)/C(O)=C3/C(=O)O[C@]2(C1)C3=O. The minimum atomic E-state index is -1.63. The Morgan fingerprint density at radius 2 is 1.31 bits per heavy atom. The van der Waals surface area contributed by atoms with E-state index in [2.05, 4.69) is 57.3 Å². The van der Waals surface area contributed by atoms with E-state index in [9.17, 15) is 35.1 Å². The Balaban J connectivity index is 0.907. The van der Waals surface area contributed by atoms with Gasteiger partial charge in [-0.25, -0.2) is 4.79 Å². The Bertz CT molecular complexity index is 2660. The van der Waals surface area contributed by atoms with Crippen molar-refractivity contribution < 1.29 is 92.0 Å². The van der Waals surface area contributed by atoms with Crippen molar-refractivity contribution in [2.24, 2.45) is 52.8 Å². The van der Waals surface area contributed by atoms with Gasteiger partial charge in [0.05, 0.1) is 78.8 Å². The molecule has 10 aliphatic rings. The van der Waals surface area contributed by atoms with E-state index in [1.807, 2.05) is 53.7 Å². The van der Waals surface area contributed by atoms with Gasteiger partial charge in [0.25, 0.3) is 0 Å². The smallest absolute Gasteiger partial charge is 0.346 e. The third-order valence-electron chi connectivity index (χ3n) is 21.6. The molecule has 30 atom stereocenters. The Morgan fingerprint density at radius 1 is 0.659 bits per heavy atom. The lowest BCUT2D eigenvalue weighted by atomic mass is 9.49. The van der Waals surface area contributed by atoms with Crippen molar-refractivity contribution in [1.29, 1.82) is 0 Å². The van der Waals surface area contributed by atoms with Crippen molar-refractivity contribution >= 4 is 17.7 Å². The molecule has 4 aliphatic carbocycles. The highest BCUT2D eigenvalue weighted by atomic mass is 16.8. The van der Waals surface area contributed by atoms with Crippen LogP contribution in [0.4, 0.5) is 0 Å². The fraction of sp³-hybridized carbons (Fsp3) is 0.809. The molecule has 88 heavy (non-hydrogen) atoms. The van der Waals surface area contributed by atoms with Crippen LogP contribution in [0.1, 0.15) is 168 Å². The van der Waals surface area contributed by atoms with Gasteiger partial charge in [-0.2, -0.15) is 0 Å². The molecule has 0 aromatic rings. The number of ketones is 1. The van der Waals surface area contributed by atoms with Crippen molar-refractivity contribution in [2.75, 3.05) is 0 Å². The third-order valence-corrected chi connectivity index (χ3v) is 21.6. The second-order valence-electron chi connectivity index (χ2n) is 28.6. The van der Waals surface area contributed by atoms with Crippen LogP contribution in [0.2, 0.25) is 0 Å². The summed E-state index contributed by atoms with van der Waals surface area (Å²) in [6, 6.07) is -0.672. The quantitative estimate of drug-likeness (QED) is 0.0579. The number of aliphatic hydroxyl groups excluding tert-OH is 4. The van der Waals surface area contributed by atoms with Crippen molar-refractivity contribution in [1.82, 2.24) is 5.32 Å². The van der Waals surface area contributed by atoms with E-state index < -0.39 is 145 Å². The van der Waals surface area contributed by atoms with Crippen LogP contribution in [-0.4, -0.2) is 171 Å². The van der Waals surface area contributed by atoms with Crippen LogP contribution in [0.15, 0.2) is 58.9 Å². The average Bonchev–Trinajstić information content (AvgIpc) is 1.31. The van der Waals surface area contributed by atoms with Crippen molar-refractivity contribution in [3.63, 3.8) is 0 Å². The number of Topliss-reactive ketones (excluding diaryl/α,β-unsaturated/α-hetero) is 1. The monoisotopic (exact) mass is 1240 g/mol. The number of carbonyl (C=O) groups is 3. The van der Waals surface area contributed by atoms with E-state index in [0.29, 0.717) is 25.7 Å². The highest BCUT2D eigenvalue weighted by molar-refractivity contribution is 6.26. The third kappa shape index (κ3) is 13.4. The van der Waals surface area contributed by atoms with E-state index in [1.54, 1.807) is 20.8 Å². The molecular formula is C68H103NO19. The van der Waals surface area contributed by atoms with Crippen LogP contribution in [0.5, 0.6) is 0 Å². The number of nitrogens with one attached hydrogen (secondary N) is 1. The molecule has 6 N–H and O–H groups in total. The lowest BCUT2D eigenvalue weighted by Gasteiger charge is -2.56. The Kier molecular flexibility index (Phi) is 20.6. The highest BCUT2D eigenvalue weighted by Gasteiger charge is 2.64. The van der Waals surface area contributed by atoms with E-state index in [1.165, 1.54) is 6.92 Å². The van der Waals surface area contributed by atoms with Gasteiger partial charge in [0, 0.05) is 74.5 Å². The largest absolute Gasteiger partial charge is 0.511 e. The normalized spacial score (nSPS) is 51.2. The van der Waals surface area contributed by atoms with Gasteiger partial charge in [-0.05, 0) is 110 Å². The molecule has 20 nitrogen and oxygen atoms in total. The lowest BCUT2D eigenvalue weighted by Crippen LogP contribution is -2.62. The summed E-state index contributed by atoms with van der Waals surface area (Å²) in [5.74, 6) is -4.04. The van der Waals surface area contributed by atoms with Gasteiger partial charge in [0.2, 0.25) is 11.7 Å². The van der Waals surface area contributed by atoms with Gasteiger partial charge in [-0.15, -0.1) is 0 Å². The van der Waals surface area contributed by atoms with E-state index in [0.717, 1.165) is 30.4 Å². The van der Waals surface area contributed by atoms with Gasteiger partial charge in [0.1, 0.15) is 23.5 Å². The summed E-state index contributed by atoms with van der Waals surface area (Å²) in [7, 11) is 0. The van der Waals surface area contributed by atoms with Crippen LogP contribution in [0, 0.1) is 52.8 Å². The average molecular weight is 1240 g/mol. The first-order valence-corrected chi connectivity index (χ1v) is 33.1. The Morgan fingerprint density at radius 3 is 1.99 bits per heavy atom. The molecule has 0 aromatic heterocycles. The summed E-state index contributed by atoms with van der Waals surface area (Å²) < 4.78 is 72.4. The van der Waals surface area contributed by atoms with Crippen molar-refractivity contribution in [3.05, 3.63) is 58.9 Å². The predicted octanol–water partition coefficient (Wildman–Crippen LogP) is 8.02. The van der Waals surface area contributed by atoms with Gasteiger partial charge >= 0.3 is 5.97 Å². The molecule has 0 unspecified atom stereocenters. The molecule has 1 amide bonds. The first-order chi connectivity index (χ1) is 41.5. The Hall–Kier alpha value is -3.45. The number of ether oxygens (including phenoxy) is 11. The molecular weight excluding hydrogens is 1130 g/mol. The molecule has 494 valence electrons. The molecule has 6 aliphatic heterocycles. The first kappa shape index (κ1) is 67.4. The fourth-order valence-corrected chi connectivity index (χ4v) is 17.3. The number of esters is 1. The summed E-state index contributed by atoms with van der Waals surface area (Å²) in [6.45, 7) is 26.8. The summed E-state index contributed by atoms with van der Waals surface area (Å²) in [5.41, 5.74) is -2.82. The molecule has 7 fully saturated rings. The lowest BCUT2D eigenvalue weighted by molar-refractivity contribution is -0.346. The maximum Gasteiger partial charge on any atom is 0.346 e. The van der Waals surface area contributed by atoms with Gasteiger partial charge in [-0.3, -0.25) is 9.59 Å². The maximum absolute atomic E-state index is 15.7. The molecule has 6 saturated heterocycles. The zero-order valence-electron chi connectivity index (χ0n) is 54.3. The molecule has 0 aromatic carbocycles. The maximum atomic E-state index is 15.7. The Labute approximate surface area is 520 Å². The molecule has 1 spiro atoms. The number of carbonyl (C=O) groups excluding carboxylic acids is 3. The summed E-state index contributed by atoms with van der Waals surface area (Å²) in [4.78, 5) is 42.8. The highest BCUT2D eigenvalue weighted by Crippen LogP contribution is 2.61. The number of rotatable bonds is 13. The fourth-order valence-electron chi connectivity index (χ4n) is 17.3. The molecule has 2 bridgehead atoms. The van der Waals surface area contributed by atoms with Gasteiger partial charge in [-0.1, -0.05) is 83.1 Å². The standard InChI is InChI=1S/C68H103NO19/c1-15-16-43-17-18-44-27-36(6)59(87-55-31-66(13,77)62(41(11)82-55)69-42(12)70)34(4)25-32(2)46-20-19-45-57(67(46,14)63(74)56-64(75)68(44,30-43)88-65(56)76)33(3)26-35(5)60(45)85-52-24-22-49(38(8)79-52)83-54-29-50(84-51-23-21-47(71)37(7)78-51)61(40(10)81-54)86-53-28-48(72)58(73)39(9)80-53/h17-20,25,27,33-35,37-41,43-55,57-62,71-74,77H,15-16,21-24,26,28-31H2,1-14H3,(H,69,70)/b32-25-,36-27-,63-56-/t33-,34-,35-,37-,38+,39-,40+,41+,43-,44+,45+,46+,47+,48-,49+,50-,51-,52-,53-,54+,55-,57+,58+,59-,60+,61-,62+,66+,67+,68-/m0/s1. The van der Waals surface area contributed by atoms with Gasteiger partial charge < -0.3 is 83.0 Å². The second-order valence-corrected chi connectivity index (χ2v) is 28.6. The molecule has 10 rings (SSSR count). The molecule has 0 radical (unpaired) electrons. The van der Waals surface area contributed by atoms with Crippen molar-refractivity contribution in [3.8, 4) is 0 Å². The number of aliphatic hydroxyl groups is 5. The molecule has 6 heterocycles. The van der Waals surface area contributed by atoms with E-state index in [-0.39, 0.29) is 90.6 Å². The topological polar surface area (TPSA) is 266 Å². The number of hydrogen-bond donors (Lipinski definition) is 6. The van der Waals surface area contributed by atoms with Crippen LogP contribution in [0.3, 0.4) is 0 Å². The first-order valence-electron chi connectivity index (χ1n) is 33.1. The summed E-state index contributed by atoms with van der Waals surface area (Å²) in [5, 5.41) is 59.4.